The van der Waals surface area contributed by atoms with Gasteiger partial charge in [0.25, 0.3) is 0 Å². The normalized spacial score (nSPS) is 22.7. The number of nitrogens with one attached hydrogen (secondary N) is 1. The van der Waals surface area contributed by atoms with Crippen molar-refractivity contribution in [1.82, 2.24) is 15.3 Å². The van der Waals surface area contributed by atoms with Crippen molar-refractivity contribution in [3.05, 3.63) is 58.1 Å². The van der Waals surface area contributed by atoms with E-state index in [2.05, 4.69) is 50.3 Å². The Morgan fingerprint density at radius 2 is 2.00 bits per heavy atom. The van der Waals surface area contributed by atoms with E-state index < -0.39 is 0 Å². The first-order valence-corrected chi connectivity index (χ1v) is 7.83. The zero-order valence-electron chi connectivity index (χ0n) is 11.5. The predicted octanol–water partition coefficient (Wildman–Crippen LogP) is 4.10. The molecule has 2 aromatic rings. The van der Waals surface area contributed by atoms with Crippen LogP contribution in [0.5, 0.6) is 0 Å². The standard InChI is InChI=1S/C16H18BrN3/c1-11-5-4-10-18-16(11)14-8-2-6-12(19-14)13-7-3-9-15(17)20-13/h3-5,7,9-10,12,14,19H,2,6,8H2,1H3. The van der Waals surface area contributed by atoms with E-state index in [-0.39, 0.29) is 0 Å². The molecule has 3 nitrogen and oxygen atoms in total. The molecular weight excluding hydrogens is 314 g/mol. The van der Waals surface area contributed by atoms with E-state index in [1.807, 2.05) is 24.4 Å². The molecule has 3 rings (SSSR count). The maximum absolute atomic E-state index is 4.58. The molecule has 0 bridgehead atoms. The molecule has 2 aromatic heterocycles. The molecule has 0 amide bonds. The van der Waals surface area contributed by atoms with E-state index in [0.717, 1.165) is 23.1 Å². The van der Waals surface area contributed by atoms with Crippen molar-refractivity contribution in [2.24, 2.45) is 0 Å². The molecule has 1 saturated heterocycles. The van der Waals surface area contributed by atoms with Crippen molar-refractivity contribution in [3.8, 4) is 0 Å². The molecular formula is C16H18BrN3. The van der Waals surface area contributed by atoms with Crippen molar-refractivity contribution in [1.29, 1.82) is 0 Å². The summed E-state index contributed by atoms with van der Waals surface area (Å²) in [6, 6.07) is 10.9. The highest BCUT2D eigenvalue weighted by Crippen LogP contribution is 2.32. The van der Waals surface area contributed by atoms with Gasteiger partial charge in [-0.05, 0) is 65.9 Å². The molecule has 3 heterocycles. The summed E-state index contributed by atoms with van der Waals surface area (Å²) in [7, 11) is 0. The van der Waals surface area contributed by atoms with Crippen LogP contribution in [0.2, 0.25) is 0 Å². The van der Waals surface area contributed by atoms with Crippen LogP contribution in [0.1, 0.15) is 48.3 Å². The Bertz CT molecular complexity index is 600. The topological polar surface area (TPSA) is 37.8 Å². The molecule has 0 aliphatic carbocycles. The van der Waals surface area contributed by atoms with E-state index >= 15 is 0 Å². The minimum Gasteiger partial charge on any atom is -0.300 e. The molecule has 0 radical (unpaired) electrons. The van der Waals surface area contributed by atoms with Crippen molar-refractivity contribution in [2.75, 3.05) is 0 Å². The third-order valence-corrected chi connectivity index (χ3v) is 4.30. The van der Waals surface area contributed by atoms with Gasteiger partial charge in [0.15, 0.2) is 0 Å². The number of piperidine rings is 1. The monoisotopic (exact) mass is 331 g/mol. The van der Waals surface area contributed by atoms with Crippen LogP contribution >= 0.6 is 15.9 Å². The van der Waals surface area contributed by atoms with Gasteiger partial charge in [-0.15, -0.1) is 0 Å². The zero-order valence-corrected chi connectivity index (χ0v) is 13.1. The van der Waals surface area contributed by atoms with Gasteiger partial charge in [0.2, 0.25) is 0 Å². The van der Waals surface area contributed by atoms with Gasteiger partial charge in [0, 0.05) is 6.20 Å². The fourth-order valence-corrected chi connectivity index (χ4v) is 3.22. The summed E-state index contributed by atoms with van der Waals surface area (Å²) in [6.07, 6.45) is 5.35. The molecule has 2 atom stereocenters. The Morgan fingerprint density at radius 3 is 2.80 bits per heavy atom. The third-order valence-electron chi connectivity index (χ3n) is 3.86. The quantitative estimate of drug-likeness (QED) is 0.841. The van der Waals surface area contributed by atoms with Gasteiger partial charge >= 0.3 is 0 Å². The van der Waals surface area contributed by atoms with Crippen LogP contribution in [0.25, 0.3) is 0 Å². The number of halogens is 1. The second-order valence-electron chi connectivity index (χ2n) is 5.29. The lowest BCUT2D eigenvalue weighted by Gasteiger charge is -2.31. The van der Waals surface area contributed by atoms with E-state index in [1.165, 1.54) is 17.7 Å². The molecule has 20 heavy (non-hydrogen) atoms. The van der Waals surface area contributed by atoms with Crippen LogP contribution in [-0.4, -0.2) is 9.97 Å². The van der Waals surface area contributed by atoms with E-state index in [4.69, 9.17) is 0 Å². The Labute approximate surface area is 128 Å². The second kappa shape index (κ2) is 6.02. The van der Waals surface area contributed by atoms with E-state index in [0.29, 0.717) is 12.1 Å². The summed E-state index contributed by atoms with van der Waals surface area (Å²) in [4.78, 5) is 9.14. The van der Waals surface area contributed by atoms with Crippen LogP contribution in [0.15, 0.2) is 41.1 Å². The summed E-state index contributed by atoms with van der Waals surface area (Å²) in [5, 5.41) is 3.71. The molecule has 0 aromatic carbocycles. The highest BCUT2D eigenvalue weighted by atomic mass is 79.9. The fourth-order valence-electron chi connectivity index (χ4n) is 2.87. The van der Waals surface area contributed by atoms with Gasteiger partial charge < -0.3 is 5.32 Å². The first-order chi connectivity index (χ1) is 9.74. The van der Waals surface area contributed by atoms with E-state index in [9.17, 15) is 0 Å². The lowest BCUT2D eigenvalue weighted by molar-refractivity contribution is 0.320. The maximum Gasteiger partial charge on any atom is 0.106 e. The summed E-state index contributed by atoms with van der Waals surface area (Å²) < 4.78 is 0.896. The largest absolute Gasteiger partial charge is 0.300 e. The average molecular weight is 332 g/mol. The van der Waals surface area contributed by atoms with Crippen molar-refractivity contribution < 1.29 is 0 Å². The summed E-state index contributed by atoms with van der Waals surface area (Å²) in [6.45, 7) is 2.13. The van der Waals surface area contributed by atoms with E-state index in [1.54, 1.807) is 0 Å². The Hall–Kier alpha value is -1.26. The number of hydrogen-bond acceptors (Lipinski definition) is 3. The lowest BCUT2D eigenvalue weighted by Crippen LogP contribution is -2.32. The number of rotatable bonds is 2. The predicted molar refractivity (Wildman–Crippen MR) is 83.4 cm³/mol. The van der Waals surface area contributed by atoms with Gasteiger partial charge in [-0.3, -0.25) is 4.98 Å². The van der Waals surface area contributed by atoms with Gasteiger partial charge in [-0.1, -0.05) is 12.1 Å². The molecule has 4 heteroatoms. The smallest absolute Gasteiger partial charge is 0.106 e. The molecule has 0 saturated carbocycles. The fraction of sp³-hybridized carbons (Fsp3) is 0.375. The SMILES string of the molecule is Cc1cccnc1C1CCCC(c2cccc(Br)n2)N1. The summed E-state index contributed by atoms with van der Waals surface area (Å²) in [5.74, 6) is 0. The lowest BCUT2D eigenvalue weighted by atomic mass is 9.93. The van der Waals surface area contributed by atoms with Crippen molar-refractivity contribution >= 4 is 15.9 Å². The van der Waals surface area contributed by atoms with Crippen LogP contribution < -0.4 is 5.32 Å². The van der Waals surface area contributed by atoms with Gasteiger partial charge in [-0.2, -0.15) is 0 Å². The third kappa shape index (κ3) is 2.91. The van der Waals surface area contributed by atoms with Crippen molar-refractivity contribution in [3.63, 3.8) is 0 Å². The van der Waals surface area contributed by atoms with Crippen molar-refractivity contribution in [2.45, 2.75) is 38.3 Å². The first-order valence-electron chi connectivity index (χ1n) is 7.04. The second-order valence-corrected chi connectivity index (χ2v) is 6.11. The summed E-state index contributed by atoms with van der Waals surface area (Å²) >= 11 is 3.45. The van der Waals surface area contributed by atoms with Gasteiger partial charge in [0.1, 0.15) is 4.60 Å². The first kappa shape index (κ1) is 13.7. The van der Waals surface area contributed by atoms with Gasteiger partial charge in [0.05, 0.1) is 23.5 Å². The molecule has 2 unspecified atom stereocenters. The van der Waals surface area contributed by atoms with Gasteiger partial charge in [-0.25, -0.2) is 4.98 Å². The minimum absolute atomic E-state index is 0.313. The highest BCUT2D eigenvalue weighted by molar-refractivity contribution is 9.10. The van der Waals surface area contributed by atoms with Crippen LogP contribution in [0.4, 0.5) is 0 Å². The molecule has 104 valence electrons. The molecule has 1 fully saturated rings. The number of nitrogens with zero attached hydrogens (tertiary/aromatic N) is 2. The number of pyridine rings is 2. The zero-order chi connectivity index (χ0) is 13.9. The molecule has 1 aliphatic rings. The van der Waals surface area contributed by atoms with Crippen LogP contribution in [0, 0.1) is 6.92 Å². The Balaban J connectivity index is 1.82. The molecule has 0 spiro atoms. The van der Waals surface area contributed by atoms with Crippen LogP contribution in [0.3, 0.4) is 0 Å². The summed E-state index contributed by atoms with van der Waals surface area (Å²) in [5.41, 5.74) is 3.54. The number of aryl methyl sites for hydroxylation is 1. The molecule has 1 N–H and O–H groups in total. The number of aromatic nitrogens is 2. The average Bonchev–Trinajstić information content (AvgIpc) is 2.48. The number of hydrogen-bond donors (Lipinski definition) is 1. The Kier molecular flexibility index (Phi) is 4.13. The molecule has 1 aliphatic heterocycles. The minimum atomic E-state index is 0.313. The Morgan fingerprint density at radius 1 is 1.15 bits per heavy atom. The van der Waals surface area contributed by atoms with Crippen LogP contribution in [-0.2, 0) is 0 Å². The highest BCUT2D eigenvalue weighted by Gasteiger charge is 2.25. The maximum atomic E-state index is 4.58.